The molecule has 0 fully saturated rings. The molecule has 0 aliphatic rings. The van der Waals surface area contributed by atoms with Gasteiger partial charge < -0.3 is 24.7 Å². The van der Waals surface area contributed by atoms with Gasteiger partial charge in [0, 0.05) is 18.7 Å². The van der Waals surface area contributed by atoms with E-state index < -0.39 is 23.3 Å². The molecule has 0 bridgehead atoms. The molecule has 0 saturated carbocycles. The highest BCUT2D eigenvalue weighted by Crippen LogP contribution is 2.18. The van der Waals surface area contributed by atoms with Crippen LogP contribution in [0.1, 0.15) is 44.8 Å². The number of esters is 1. The summed E-state index contributed by atoms with van der Waals surface area (Å²) in [6, 6.07) is 17.9. The SMILES string of the molecule is COc1ccc(CNC(=O)c2ccc3[nH]c(=O)n(C(C)c4ccc(C(=O)OCCN(C)C)cc4)c(=O)c3c2)cc1. The van der Waals surface area contributed by atoms with Gasteiger partial charge in [-0.3, -0.25) is 14.2 Å². The van der Waals surface area contributed by atoms with Crippen LogP contribution in [0.2, 0.25) is 0 Å². The van der Waals surface area contributed by atoms with E-state index in [2.05, 4.69) is 10.3 Å². The number of rotatable bonds is 10. The Bertz CT molecular complexity index is 1620. The normalized spacial score (nSPS) is 11.8. The first-order chi connectivity index (χ1) is 19.2. The Balaban J connectivity index is 1.53. The molecule has 1 aromatic heterocycles. The minimum absolute atomic E-state index is 0.213. The van der Waals surface area contributed by atoms with Crippen LogP contribution in [0.5, 0.6) is 5.75 Å². The molecule has 4 aromatic rings. The maximum atomic E-state index is 13.4. The number of benzene rings is 3. The van der Waals surface area contributed by atoms with Crippen LogP contribution in [-0.2, 0) is 11.3 Å². The van der Waals surface area contributed by atoms with Crippen LogP contribution in [-0.4, -0.2) is 60.7 Å². The molecule has 2 N–H and O–H groups in total. The fourth-order valence-corrected chi connectivity index (χ4v) is 4.20. The summed E-state index contributed by atoms with van der Waals surface area (Å²) in [4.78, 5) is 56.1. The third-order valence-corrected chi connectivity index (χ3v) is 6.59. The Morgan fingerprint density at radius 2 is 1.65 bits per heavy atom. The standard InChI is InChI=1S/C30H32N4O6/c1-19(21-7-9-22(10-8-21)29(37)40-16-15-33(2)3)34-28(36)25-17-23(11-14-26(25)32-30(34)38)27(35)31-18-20-5-12-24(39-4)13-6-20/h5-14,17,19H,15-16,18H2,1-4H3,(H,31,35)(H,32,38). The quantitative estimate of drug-likeness (QED) is 0.294. The molecule has 1 amide bonds. The molecule has 0 aliphatic heterocycles. The Kier molecular flexibility index (Phi) is 8.80. The van der Waals surface area contributed by atoms with Gasteiger partial charge in [0.15, 0.2) is 0 Å². The van der Waals surface area contributed by atoms with Gasteiger partial charge in [-0.05, 0) is 74.6 Å². The lowest BCUT2D eigenvalue weighted by molar-refractivity contribution is 0.0481. The lowest BCUT2D eigenvalue weighted by Crippen LogP contribution is -2.37. The van der Waals surface area contributed by atoms with Crippen molar-refractivity contribution >= 4 is 22.8 Å². The first-order valence-electron chi connectivity index (χ1n) is 12.8. The van der Waals surface area contributed by atoms with Crippen LogP contribution in [0, 0.1) is 0 Å². The number of nitrogens with one attached hydrogen (secondary N) is 2. The van der Waals surface area contributed by atoms with Gasteiger partial charge in [-0.2, -0.15) is 0 Å². The molecule has 10 nitrogen and oxygen atoms in total. The number of aromatic nitrogens is 2. The lowest BCUT2D eigenvalue weighted by atomic mass is 10.1. The fraction of sp³-hybridized carbons (Fsp3) is 0.267. The maximum absolute atomic E-state index is 13.4. The molecular formula is C30H32N4O6. The van der Waals surface area contributed by atoms with Crippen LogP contribution < -0.4 is 21.3 Å². The first-order valence-corrected chi connectivity index (χ1v) is 12.8. The number of aromatic amines is 1. The van der Waals surface area contributed by atoms with E-state index in [1.54, 1.807) is 50.4 Å². The molecule has 208 valence electrons. The van der Waals surface area contributed by atoms with E-state index in [0.29, 0.717) is 35.3 Å². The summed E-state index contributed by atoms with van der Waals surface area (Å²) in [5.41, 5.74) is 1.45. The molecule has 0 aliphatic carbocycles. The molecule has 40 heavy (non-hydrogen) atoms. The summed E-state index contributed by atoms with van der Waals surface area (Å²) in [7, 11) is 5.36. The maximum Gasteiger partial charge on any atom is 0.338 e. The zero-order valence-electron chi connectivity index (χ0n) is 22.9. The number of likely N-dealkylation sites (N-methyl/N-ethyl adjacent to an activating group) is 1. The number of ether oxygens (including phenoxy) is 2. The molecule has 1 heterocycles. The smallest absolute Gasteiger partial charge is 0.338 e. The second-order valence-corrected chi connectivity index (χ2v) is 9.63. The molecule has 1 atom stereocenters. The average molecular weight is 545 g/mol. The number of methoxy groups -OCH3 is 1. The molecule has 0 saturated heterocycles. The summed E-state index contributed by atoms with van der Waals surface area (Å²) in [5.74, 6) is -0.0753. The van der Waals surface area contributed by atoms with E-state index >= 15 is 0 Å². The summed E-state index contributed by atoms with van der Waals surface area (Å²) in [6.07, 6.45) is 0. The van der Waals surface area contributed by atoms with Crippen molar-refractivity contribution in [2.45, 2.75) is 19.5 Å². The molecule has 10 heteroatoms. The first kappa shape index (κ1) is 28.3. The number of carbonyl (C=O) groups excluding carboxylic acids is 2. The average Bonchev–Trinajstić information content (AvgIpc) is 2.95. The van der Waals surface area contributed by atoms with Crippen molar-refractivity contribution in [2.24, 2.45) is 0 Å². The second-order valence-electron chi connectivity index (χ2n) is 9.63. The highest BCUT2D eigenvalue weighted by molar-refractivity contribution is 5.97. The molecule has 3 aromatic carbocycles. The van der Waals surface area contributed by atoms with Crippen molar-refractivity contribution in [3.63, 3.8) is 0 Å². The monoisotopic (exact) mass is 544 g/mol. The number of H-pyrrole nitrogens is 1. The fourth-order valence-electron chi connectivity index (χ4n) is 4.20. The van der Waals surface area contributed by atoms with Crippen molar-refractivity contribution in [2.75, 3.05) is 34.4 Å². The van der Waals surface area contributed by atoms with Crippen LogP contribution >= 0.6 is 0 Å². The van der Waals surface area contributed by atoms with E-state index in [1.165, 1.54) is 6.07 Å². The largest absolute Gasteiger partial charge is 0.497 e. The van der Waals surface area contributed by atoms with Gasteiger partial charge in [-0.1, -0.05) is 24.3 Å². The molecular weight excluding hydrogens is 512 g/mol. The topological polar surface area (TPSA) is 123 Å². The molecule has 0 radical (unpaired) electrons. The lowest BCUT2D eigenvalue weighted by Gasteiger charge is -2.16. The molecule has 4 rings (SSSR count). The van der Waals surface area contributed by atoms with Gasteiger partial charge in [-0.25, -0.2) is 9.59 Å². The Morgan fingerprint density at radius 1 is 0.975 bits per heavy atom. The predicted molar refractivity (Wildman–Crippen MR) is 152 cm³/mol. The third-order valence-electron chi connectivity index (χ3n) is 6.59. The summed E-state index contributed by atoms with van der Waals surface area (Å²) in [5, 5.41) is 3.06. The van der Waals surface area contributed by atoms with E-state index in [9.17, 15) is 19.2 Å². The Labute approximate surface area is 231 Å². The van der Waals surface area contributed by atoms with Gasteiger partial charge in [0.25, 0.3) is 11.5 Å². The predicted octanol–water partition coefficient (Wildman–Crippen LogP) is 2.96. The van der Waals surface area contributed by atoms with E-state index in [-0.39, 0.29) is 17.9 Å². The summed E-state index contributed by atoms with van der Waals surface area (Å²) < 4.78 is 11.5. The number of hydrogen-bond donors (Lipinski definition) is 2. The van der Waals surface area contributed by atoms with E-state index in [4.69, 9.17) is 9.47 Å². The highest BCUT2D eigenvalue weighted by Gasteiger charge is 2.18. The van der Waals surface area contributed by atoms with Crippen LogP contribution in [0.15, 0.2) is 76.3 Å². The third kappa shape index (κ3) is 6.47. The second kappa shape index (κ2) is 12.4. The number of amides is 1. The van der Waals surface area contributed by atoms with Gasteiger partial charge >= 0.3 is 11.7 Å². The molecule has 0 spiro atoms. The minimum atomic E-state index is -0.632. The summed E-state index contributed by atoms with van der Waals surface area (Å²) >= 11 is 0. The van der Waals surface area contributed by atoms with Crippen LogP contribution in [0.4, 0.5) is 0 Å². The van der Waals surface area contributed by atoms with E-state index in [1.807, 2.05) is 43.3 Å². The van der Waals surface area contributed by atoms with Crippen molar-refractivity contribution < 1.29 is 19.1 Å². The zero-order chi connectivity index (χ0) is 28.8. The van der Waals surface area contributed by atoms with Crippen LogP contribution in [0.3, 0.4) is 0 Å². The molecule has 1 unspecified atom stereocenters. The summed E-state index contributed by atoms with van der Waals surface area (Å²) in [6.45, 7) is 2.90. The van der Waals surface area contributed by atoms with Gasteiger partial charge in [0.1, 0.15) is 12.4 Å². The number of hydrogen-bond acceptors (Lipinski definition) is 7. The number of fused-ring (bicyclic) bond motifs is 1. The van der Waals surface area contributed by atoms with Gasteiger partial charge in [0.05, 0.1) is 29.6 Å². The Morgan fingerprint density at radius 3 is 2.30 bits per heavy atom. The van der Waals surface area contributed by atoms with Gasteiger partial charge in [-0.15, -0.1) is 0 Å². The van der Waals surface area contributed by atoms with Crippen molar-refractivity contribution in [1.82, 2.24) is 19.8 Å². The van der Waals surface area contributed by atoms with Crippen molar-refractivity contribution in [3.05, 3.63) is 110 Å². The van der Waals surface area contributed by atoms with Gasteiger partial charge in [0.2, 0.25) is 0 Å². The minimum Gasteiger partial charge on any atom is -0.497 e. The van der Waals surface area contributed by atoms with E-state index in [0.717, 1.165) is 15.9 Å². The van der Waals surface area contributed by atoms with Crippen molar-refractivity contribution in [1.29, 1.82) is 0 Å². The Hall–Kier alpha value is -4.70. The highest BCUT2D eigenvalue weighted by atomic mass is 16.5. The number of nitrogens with zero attached hydrogens (tertiary/aromatic N) is 2. The number of carbonyl (C=O) groups is 2. The van der Waals surface area contributed by atoms with Crippen LogP contribution in [0.25, 0.3) is 10.9 Å². The van der Waals surface area contributed by atoms with Crippen molar-refractivity contribution in [3.8, 4) is 5.75 Å². The zero-order valence-corrected chi connectivity index (χ0v) is 22.9.